The van der Waals surface area contributed by atoms with Gasteiger partial charge in [-0.1, -0.05) is 0 Å². The van der Waals surface area contributed by atoms with E-state index in [1.807, 2.05) is 13.8 Å². The molecule has 0 heterocycles. The molecule has 0 fully saturated rings. The summed E-state index contributed by atoms with van der Waals surface area (Å²) >= 11 is 0. The predicted molar refractivity (Wildman–Crippen MR) is 118 cm³/mol. The summed E-state index contributed by atoms with van der Waals surface area (Å²) in [7, 11) is 0. The van der Waals surface area contributed by atoms with Crippen LogP contribution in [0.5, 0.6) is 0 Å². The normalized spacial score (nSPS) is 9.91. The van der Waals surface area contributed by atoms with E-state index in [1.54, 1.807) is 35.2 Å². The maximum Gasteiger partial charge on any atom is 0.338 e. The fraction of sp³-hybridized carbons (Fsp3) is 0.261. The molecule has 0 aliphatic rings. The van der Waals surface area contributed by atoms with Crippen molar-refractivity contribution in [2.24, 2.45) is 0 Å². The summed E-state index contributed by atoms with van der Waals surface area (Å²) in [5, 5.41) is 13.6. The number of esters is 1. The minimum atomic E-state index is -0.699. The number of ether oxygens (including phenoxy) is 1. The van der Waals surface area contributed by atoms with Crippen molar-refractivity contribution >= 4 is 35.1 Å². The van der Waals surface area contributed by atoms with Gasteiger partial charge in [-0.15, -0.1) is 0 Å². The molecule has 0 atom stereocenters. The summed E-state index contributed by atoms with van der Waals surface area (Å²) in [6.45, 7) is 4.54. The minimum Gasteiger partial charge on any atom is -0.452 e. The van der Waals surface area contributed by atoms with Crippen LogP contribution in [-0.2, 0) is 14.3 Å². The number of carbonyl (C=O) groups excluding carboxylic acids is 4. The fourth-order valence-corrected chi connectivity index (χ4v) is 2.77. The molecule has 0 bridgehead atoms. The van der Waals surface area contributed by atoms with E-state index in [9.17, 15) is 19.2 Å². The van der Waals surface area contributed by atoms with Crippen molar-refractivity contribution in [3.63, 3.8) is 0 Å². The van der Waals surface area contributed by atoms with Gasteiger partial charge in [0.15, 0.2) is 6.61 Å². The van der Waals surface area contributed by atoms with Crippen LogP contribution in [-0.4, -0.2) is 48.3 Å². The van der Waals surface area contributed by atoms with Gasteiger partial charge in [0.25, 0.3) is 11.8 Å². The quantitative estimate of drug-likeness (QED) is 0.582. The third-order valence-electron chi connectivity index (χ3n) is 4.44. The number of amides is 3. The van der Waals surface area contributed by atoms with E-state index >= 15 is 0 Å². The molecule has 9 heteroatoms. The Morgan fingerprint density at radius 2 is 1.34 bits per heavy atom. The molecule has 0 unspecified atom stereocenters. The fourth-order valence-electron chi connectivity index (χ4n) is 2.77. The van der Waals surface area contributed by atoms with E-state index in [4.69, 9.17) is 10.00 Å². The molecule has 2 N–H and O–H groups in total. The van der Waals surface area contributed by atoms with E-state index < -0.39 is 24.4 Å². The molecule has 2 aromatic rings. The first-order valence-electron chi connectivity index (χ1n) is 10.0. The van der Waals surface area contributed by atoms with Crippen LogP contribution in [0, 0.1) is 11.3 Å². The lowest BCUT2D eigenvalue weighted by molar-refractivity contribution is -0.119. The van der Waals surface area contributed by atoms with Gasteiger partial charge in [-0.3, -0.25) is 14.4 Å². The zero-order chi connectivity index (χ0) is 23.5. The van der Waals surface area contributed by atoms with Crippen molar-refractivity contribution in [2.75, 3.05) is 30.3 Å². The van der Waals surface area contributed by atoms with E-state index in [0.29, 0.717) is 30.0 Å². The number of hydrogen-bond acceptors (Lipinski definition) is 6. The topological polar surface area (TPSA) is 129 Å². The van der Waals surface area contributed by atoms with Gasteiger partial charge in [0, 0.05) is 30.0 Å². The molecule has 2 rings (SSSR count). The molecule has 0 aliphatic heterocycles. The van der Waals surface area contributed by atoms with Crippen molar-refractivity contribution < 1.29 is 23.9 Å². The number of benzene rings is 2. The Morgan fingerprint density at radius 1 is 0.844 bits per heavy atom. The van der Waals surface area contributed by atoms with Crippen molar-refractivity contribution in [2.45, 2.75) is 20.3 Å². The maximum atomic E-state index is 12.3. The Hall–Kier alpha value is -4.19. The second-order valence-electron chi connectivity index (χ2n) is 6.64. The van der Waals surface area contributed by atoms with Gasteiger partial charge in [-0.05, 0) is 62.4 Å². The van der Waals surface area contributed by atoms with E-state index in [-0.39, 0.29) is 17.9 Å². The molecule has 0 aliphatic carbocycles. The number of anilines is 2. The summed E-state index contributed by atoms with van der Waals surface area (Å²) in [5.41, 5.74) is 1.63. The largest absolute Gasteiger partial charge is 0.452 e. The molecule has 166 valence electrons. The van der Waals surface area contributed by atoms with Crippen LogP contribution in [0.4, 0.5) is 11.4 Å². The van der Waals surface area contributed by atoms with Gasteiger partial charge in [0.1, 0.15) is 6.42 Å². The third-order valence-corrected chi connectivity index (χ3v) is 4.44. The van der Waals surface area contributed by atoms with Gasteiger partial charge in [-0.25, -0.2) is 4.79 Å². The first-order chi connectivity index (χ1) is 15.4. The number of nitrogens with zero attached hydrogens (tertiary/aromatic N) is 2. The molecular formula is C23H24N4O5. The first-order valence-corrected chi connectivity index (χ1v) is 10.0. The number of carbonyl (C=O) groups is 4. The van der Waals surface area contributed by atoms with Crippen molar-refractivity contribution in [1.29, 1.82) is 5.26 Å². The van der Waals surface area contributed by atoms with Crippen LogP contribution in [0.3, 0.4) is 0 Å². The van der Waals surface area contributed by atoms with Crippen molar-refractivity contribution in [3.05, 3.63) is 59.7 Å². The zero-order valence-electron chi connectivity index (χ0n) is 17.9. The minimum absolute atomic E-state index is 0.0857. The molecule has 3 amide bonds. The van der Waals surface area contributed by atoms with Gasteiger partial charge in [0.2, 0.25) is 5.91 Å². The SMILES string of the molecule is CCN(CC)C(=O)c1ccc(NC(=O)COC(=O)c2ccc(NC(=O)CC#N)cc2)cc1. The average Bonchev–Trinajstić information content (AvgIpc) is 2.79. The molecular weight excluding hydrogens is 412 g/mol. The molecule has 0 saturated carbocycles. The monoisotopic (exact) mass is 436 g/mol. The Labute approximate surface area is 186 Å². The summed E-state index contributed by atoms with van der Waals surface area (Å²) < 4.78 is 5.00. The molecule has 0 aromatic heterocycles. The molecule has 9 nitrogen and oxygen atoms in total. The Balaban J connectivity index is 1.85. The van der Waals surface area contributed by atoms with Gasteiger partial charge in [0.05, 0.1) is 11.6 Å². The Kier molecular flexibility index (Phi) is 8.92. The van der Waals surface area contributed by atoms with Crippen molar-refractivity contribution in [1.82, 2.24) is 4.90 Å². The lowest BCUT2D eigenvalue weighted by Gasteiger charge is -2.18. The molecule has 0 spiro atoms. The van der Waals surface area contributed by atoms with Gasteiger partial charge < -0.3 is 20.3 Å². The molecule has 0 saturated heterocycles. The number of nitrogens with one attached hydrogen (secondary N) is 2. The van der Waals surface area contributed by atoms with Gasteiger partial charge >= 0.3 is 5.97 Å². The standard InChI is InChI=1S/C23H24N4O5/c1-3-27(4-2)22(30)16-5-9-19(10-6-16)26-21(29)15-32-23(31)17-7-11-18(12-8-17)25-20(28)13-14-24/h5-12H,3-4,13,15H2,1-2H3,(H,25,28)(H,26,29). The Bertz CT molecular complexity index is 1010. The second-order valence-corrected chi connectivity index (χ2v) is 6.64. The zero-order valence-corrected chi connectivity index (χ0v) is 17.9. The lowest BCUT2D eigenvalue weighted by atomic mass is 10.1. The van der Waals surface area contributed by atoms with Crippen LogP contribution in [0.1, 0.15) is 41.0 Å². The van der Waals surface area contributed by atoms with Crippen LogP contribution in [0.15, 0.2) is 48.5 Å². The highest BCUT2D eigenvalue weighted by molar-refractivity contribution is 5.97. The summed E-state index contributed by atoms with van der Waals surface area (Å²) in [5.74, 6) is -1.76. The van der Waals surface area contributed by atoms with E-state index in [2.05, 4.69) is 10.6 Å². The first kappa shape index (κ1) is 24.1. The van der Waals surface area contributed by atoms with Crippen molar-refractivity contribution in [3.8, 4) is 6.07 Å². The number of nitriles is 1. The highest BCUT2D eigenvalue weighted by Crippen LogP contribution is 2.13. The second kappa shape index (κ2) is 11.9. The van der Waals surface area contributed by atoms with E-state index in [0.717, 1.165) is 0 Å². The summed E-state index contributed by atoms with van der Waals surface area (Å²) in [4.78, 5) is 49.5. The Morgan fingerprint density at radius 3 is 1.84 bits per heavy atom. The highest BCUT2D eigenvalue weighted by atomic mass is 16.5. The van der Waals surface area contributed by atoms with Crippen LogP contribution >= 0.6 is 0 Å². The van der Waals surface area contributed by atoms with Crippen LogP contribution in [0.2, 0.25) is 0 Å². The lowest BCUT2D eigenvalue weighted by Crippen LogP contribution is -2.30. The summed E-state index contributed by atoms with van der Waals surface area (Å²) in [6, 6.07) is 14.1. The van der Waals surface area contributed by atoms with Crippen LogP contribution in [0.25, 0.3) is 0 Å². The van der Waals surface area contributed by atoms with Gasteiger partial charge in [-0.2, -0.15) is 5.26 Å². The number of rotatable bonds is 9. The maximum absolute atomic E-state index is 12.3. The smallest absolute Gasteiger partial charge is 0.338 e. The molecule has 0 radical (unpaired) electrons. The summed E-state index contributed by atoms with van der Waals surface area (Å²) in [6.07, 6.45) is -0.270. The predicted octanol–water partition coefficient (Wildman–Crippen LogP) is 2.82. The number of hydrogen-bond donors (Lipinski definition) is 2. The molecule has 2 aromatic carbocycles. The van der Waals surface area contributed by atoms with Crippen LogP contribution < -0.4 is 10.6 Å². The third kappa shape index (κ3) is 6.95. The molecule has 32 heavy (non-hydrogen) atoms. The highest BCUT2D eigenvalue weighted by Gasteiger charge is 2.14. The van der Waals surface area contributed by atoms with E-state index in [1.165, 1.54) is 24.3 Å². The average molecular weight is 436 g/mol.